The van der Waals surface area contributed by atoms with Gasteiger partial charge in [-0.25, -0.2) is 9.78 Å². The molecule has 0 aliphatic rings. The normalized spacial score (nSPS) is 10.9. The number of aromatic nitrogens is 1. The van der Waals surface area contributed by atoms with Crippen molar-refractivity contribution in [2.75, 3.05) is 6.61 Å². The van der Waals surface area contributed by atoms with Gasteiger partial charge in [0.25, 0.3) is 0 Å². The highest BCUT2D eigenvalue weighted by atomic mass is 79.9. The molecule has 0 aliphatic carbocycles. The number of nitrogens with zero attached hydrogens (tertiary/aromatic N) is 1. The monoisotopic (exact) mass is 375 g/mol. The van der Waals surface area contributed by atoms with E-state index in [0.29, 0.717) is 17.2 Å². The summed E-state index contributed by atoms with van der Waals surface area (Å²) in [5.74, 6) is -0.302. The van der Waals surface area contributed by atoms with Gasteiger partial charge in [0.1, 0.15) is 9.88 Å². The van der Waals surface area contributed by atoms with Crippen LogP contribution in [-0.4, -0.2) is 17.6 Å². The topological polar surface area (TPSA) is 39.2 Å². The van der Waals surface area contributed by atoms with E-state index in [-0.39, 0.29) is 5.97 Å². The van der Waals surface area contributed by atoms with Gasteiger partial charge in [0.15, 0.2) is 0 Å². The van der Waals surface area contributed by atoms with Gasteiger partial charge in [-0.15, -0.1) is 11.3 Å². The summed E-state index contributed by atoms with van der Waals surface area (Å²) in [7, 11) is 0. The second-order valence-electron chi connectivity index (χ2n) is 4.83. The minimum atomic E-state index is -0.302. The van der Waals surface area contributed by atoms with Crippen molar-refractivity contribution in [1.29, 1.82) is 0 Å². The van der Waals surface area contributed by atoms with Crippen molar-refractivity contribution in [3.63, 3.8) is 0 Å². The predicted octanol–water partition coefficient (Wildman–Crippen LogP) is 5.21. The first-order valence-electron chi connectivity index (χ1n) is 6.93. The van der Waals surface area contributed by atoms with Gasteiger partial charge in [-0.05, 0) is 36.8 Å². The number of ether oxygens (including phenoxy) is 1. The minimum Gasteiger partial charge on any atom is -0.462 e. The van der Waals surface area contributed by atoms with Gasteiger partial charge < -0.3 is 4.74 Å². The van der Waals surface area contributed by atoms with E-state index in [2.05, 4.69) is 39.1 Å². The first-order valence-corrected chi connectivity index (χ1v) is 8.54. The number of aryl methyl sites for hydroxylation is 1. The van der Waals surface area contributed by atoms with Gasteiger partial charge in [-0.1, -0.05) is 40.2 Å². The molecule has 0 saturated heterocycles. The van der Waals surface area contributed by atoms with E-state index in [9.17, 15) is 4.79 Å². The van der Waals surface area contributed by atoms with Crippen LogP contribution in [0.1, 0.15) is 22.3 Å². The SMILES string of the molecule is CCOC(=O)c1sc(-c2cc(Br)c3ccccc3c2)nc1C. The van der Waals surface area contributed by atoms with E-state index in [1.165, 1.54) is 11.3 Å². The molecule has 3 rings (SSSR count). The van der Waals surface area contributed by atoms with E-state index in [1.54, 1.807) is 6.92 Å². The molecule has 0 fully saturated rings. The fourth-order valence-corrected chi connectivity index (χ4v) is 3.85. The van der Waals surface area contributed by atoms with Gasteiger partial charge in [0.05, 0.1) is 12.3 Å². The lowest BCUT2D eigenvalue weighted by molar-refractivity contribution is 0.0531. The van der Waals surface area contributed by atoms with Crippen LogP contribution in [0.5, 0.6) is 0 Å². The van der Waals surface area contributed by atoms with E-state index < -0.39 is 0 Å². The molecule has 3 aromatic rings. The Labute approximate surface area is 141 Å². The molecule has 0 spiro atoms. The van der Waals surface area contributed by atoms with Crippen LogP contribution in [0.3, 0.4) is 0 Å². The average Bonchev–Trinajstić information content (AvgIpc) is 2.89. The van der Waals surface area contributed by atoms with E-state index >= 15 is 0 Å². The zero-order valence-corrected chi connectivity index (χ0v) is 14.6. The Morgan fingerprint density at radius 1 is 1.32 bits per heavy atom. The van der Waals surface area contributed by atoms with Crippen molar-refractivity contribution >= 4 is 44.0 Å². The van der Waals surface area contributed by atoms with E-state index in [1.807, 2.05) is 25.1 Å². The van der Waals surface area contributed by atoms with Crippen LogP contribution in [0.4, 0.5) is 0 Å². The van der Waals surface area contributed by atoms with Crippen LogP contribution in [0.2, 0.25) is 0 Å². The quantitative estimate of drug-likeness (QED) is 0.589. The largest absolute Gasteiger partial charge is 0.462 e. The molecular weight excluding hydrogens is 362 g/mol. The first kappa shape index (κ1) is 15.2. The lowest BCUT2D eigenvalue weighted by Gasteiger charge is -2.04. The third-order valence-corrected chi connectivity index (χ3v) is 5.16. The molecule has 1 aromatic heterocycles. The van der Waals surface area contributed by atoms with Gasteiger partial charge in [-0.2, -0.15) is 0 Å². The van der Waals surface area contributed by atoms with Crippen molar-refractivity contribution < 1.29 is 9.53 Å². The summed E-state index contributed by atoms with van der Waals surface area (Å²) >= 11 is 4.98. The van der Waals surface area contributed by atoms with Crippen LogP contribution in [0.25, 0.3) is 21.3 Å². The smallest absolute Gasteiger partial charge is 0.350 e. The zero-order chi connectivity index (χ0) is 15.7. The molecule has 0 unspecified atom stereocenters. The molecule has 0 amide bonds. The van der Waals surface area contributed by atoms with Crippen LogP contribution in [0, 0.1) is 6.92 Å². The van der Waals surface area contributed by atoms with E-state index in [0.717, 1.165) is 25.8 Å². The first-order chi connectivity index (χ1) is 10.6. The number of thiazole rings is 1. The number of fused-ring (bicyclic) bond motifs is 1. The molecular formula is C17H14BrNO2S. The molecule has 112 valence electrons. The third-order valence-electron chi connectivity index (χ3n) is 3.32. The summed E-state index contributed by atoms with van der Waals surface area (Å²) in [5, 5.41) is 3.12. The summed E-state index contributed by atoms with van der Waals surface area (Å²) in [6, 6.07) is 12.3. The Bertz CT molecular complexity index is 857. The van der Waals surface area contributed by atoms with Gasteiger partial charge in [-0.3, -0.25) is 0 Å². The Hall–Kier alpha value is -1.72. The molecule has 1 heterocycles. The lowest BCUT2D eigenvalue weighted by Crippen LogP contribution is -2.03. The number of esters is 1. The van der Waals surface area contributed by atoms with Crippen molar-refractivity contribution in [3.05, 3.63) is 51.4 Å². The zero-order valence-electron chi connectivity index (χ0n) is 12.2. The number of hydrogen-bond donors (Lipinski definition) is 0. The van der Waals surface area contributed by atoms with E-state index in [4.69, 9.17) is 4.74 Å². The molecule has 0 bridgehead atoms. The molecule has 5 heteroatoms. The molecule has 0 radical (unpaired) electrons. The fourth-order valence-electron chi connectivity index (χ4n) is 2.29. The number of halogens is 1. The van der Waals surface area contributed by atoms with Gasteiger partial charge in [0, 0.05) is 10.0 Å². The molecule has 3 nitrogen and oxygen atoms in total. The van der Waals surface area contributed by atoms with Crippen LogP contribution >= 0.6 is 27.3 Å². The third kappa shape index (κ3) is 2.78. The molecule has 2 aromatic carbocycles. The Balaban J connectivity index is 2.08. The fraction of sp³-hybridized carbons (Fsp3) is 0.176. The highest BCUT2D eigenvalue weighted by Crippen LogP contribution is 2.34. The summed E-state index contributed by atoms with van der Waals surface area (Å²) in [6.45, 7) is 4.00. The predicted molar refractivity (Wildman–Crippen MR) is 93.4 cm³/mol. The standard InChI is InChI=1S/C17H14BrNO2S/c1-3-21-17(20)15-10(2)19-16(22-15)12-8-11-6-4-5-7-13(11)14(18)9-12/h4-9H,3H2,1-2H3. The van der Waals surface area contributed by atoms with Crippen molar-refractivity contribution in [2.24, 2.45) is 0 Å². The number of hydrogen-bond acceptors (Lipinski definition) is 4. The molecule has 0 N–H and O–H groups in total. The molecule has 0 atom stereocenters. The number of benzene rings is 2. The Morgan fingerprint density at radius 2 is 2.09 bits per heavy atom. The average molecular weight is 376 g/mol. The second-order valence-corrected chi connectivity index (χ2v) is 6.69. The van der Waals surface area contributed by atoms with Crippen LogP contribution < -0.4 is 0 Å². The Morgan fingerprint density at radius 3 is 2.86 bits per heavy atom. The Kier molecular flexibility index (Phi) is 4.27. The minimum absolute atomic E-state index is 0.302. The maximum absolute atomic E-state index is 11.9. The highest BCUT2D eigenvalue weighted by Gasteiger charge is 2.17. The van der Waals surface area contributed by atoms with Crippen molar-refractivity contribution in [1.82, 2.24) is 4.98 Å². The molecule has 0 saturated carbocycles. The number of rotatable bonds is 3. The maximum atomic E-state index is 11.9. The maximum Gasteiger partial charge on any atom is 0.350 e. The van der Waals surface area contributed by atoms with Crippen molar-refractivity contribution in [2.45, 2.75) is 13.8 Å². The summed E-state index contributed by atoms with van der Waals surface area (Å²) in [5.41, 5.74) is 1.71. The summed E-state index contributed by atoms with van der Waals surface area (Å²) in [6.07, 6.45) is 0. The van der Waals surface area contributed by atoms with Gasteiger partial charge in [0.2, 0.25) is 0 Å². The molecule has 22 heavy (non-hydrogen) atoms. The lowest BCUT2D eigenvalue weighted by atomic mass is 10.1. The second kappa shape index (κ2) is 6.18. The van der Waals surface area contributed by atoms with Gasteiger partial charge >= 0.3 is 5.97 Å². The van der Waals surface area contributed by atoms with Crippen LogP contribution in [-0.2, 0) is 4.74 Å². The van der Waals surface area contributed by atoms with Crippen LogP contribution in [0.15, 0.2) is 40.9 Å². The van der Waals surface area contributed by atoms with Crippen molar-refractivity contribution in [3.8, 4) is 10.6 Å². The number of carbonyl (C=O) groups excluding carboxylic acids is 1. The number of carbonyl (C=O) groups is 1. The summed E-state index contributed by atoms with van der Waals surface area (Å²) in [4.78, 5) is 17.0. The summed E-state index contributed by atoms with van der Waals surface area (Å²) < 4.78 is 6.09. The highest BCUT2D eigenvalue weighted by molar-refractivity contribution is 9.10. The molecule has 0 aliphatic heterocycles.